The smallest absolute Gasteiger partial charge is 0.344 e. The second-order valence-electron chi connectivity index (χ2n) is 6.60. The van der Waals surface area contributed by atoms with E-state index in [0.717, 1.165) is 0 Å². The maximum Gasteiger partial charge on any atom is 0.344 e. The molecule has 1 aliphatic rings. The summed E-state index contributed by atoms with van der Waals surface area (Å²) < 4.78 is 10.7. The molecule has 1 fully saturated rings. The molecule has 3 rings (SSSR count). The fraction of sp³-hybridized carbons (Fsp3) is 0.182. The summed E-state index contributed by atoms with van der Waals surface area (Å²) in [5, 5.41) is 12.1. The van der Waals surface area contributed by atoms with E-state index in [0.29, 0.717) is 32.6 Å². The van der Waals surface area contributed by atoms with E-state index < -0.39 is 12.1 Å². The Bertz CT molecular complexity index is 1110. The minimum Gasteiger partial charge on any atom is -0.493 e. The Balaban J connectivity index is 1.81. The molecule has 0 spiro atoms. The van der Waals surface area contributed by atoms with E-state index in [2.05, 4.69) is 10.3 Å². The maximum atomic E-state index is 12.3. The van der Waals surface area contributed by atoms with Crippen molar-refractivity contribution in [3.63, 3.8) is 0 Å². The number of carboxylic acids is 1. The first-order chi connectivity index (χ1) is 14.8. The van der Waals surface area contributed by atoms with E-state index >= 15 is 0 Å². The lowest BCUT2D eigenvalue weighted by atomic mass is 10.1. The van der Waals surface area contributed by atoms with Crippen LogP contribution in [0.25, 0.3) is 6.08 Å². The third kappa shape index (κ3) is 5.52. The Morgan fingerprint density at radius 3 is 2.65 bits per heavy atom. The van der Waals surface area contributed by atoms with Crippen LogP contribution in [0.15, 0.2) is 52.4 Å². The van der Waals surface area contributed by atoms with Gasteiger partial charge >= 0.3 is 5.97 Å². The van der Waals surface area contributed by atoms with Crippen LogP contribution in [0.3, 0.4) is 0 Å². The first kappa shape index (κ1) is 22.1. The van der Waals surface area contributed by atoms with Gasteiger partial charge in [-0.1, -0.05) is 18.2 Å². The Morgan fingerprint density at radius 1 is 1.19 bits per heavy atom. The molecule has 0 radical (unpaired) electrons. The molecule has 0 saturated carbocycles. The number of carbonyl (C=O) groups excluding carboxylic acids is 2. The number of benzene rings is 2. The second kappa shape index (κ2) is 9.48. The fourth-order valence-electron chi connectivity index (χ4n) is 2.66. The number of carbonyl (C=O) groups is 3. The molecule has 0 bridgehead atoms. The van der Waals surface area contributed by atoms with E-state index in [9.17, 15) is 14.4 Å². The number of carboxylic acid groups (broad SMARTS) is 1. The van der Waals surface area contributed by atoms with E-state index in [1.165, 1.54) is 32.7 Å². The third-order valence-corrected chi connectivity index (χ3v) is 5.18. The zero-order chi connectivity index (χ0) is 22.5. The third-order valence-electron chi connectivity index (χ3n) is 4.27. The second-order valence-corrected chi connectivity index (χ2v) is 7.63. The van der Waals surface area contributed by atoms with Crippen LogP contribution in [0, 0.1) is 0 Å². The number of amides is 1. The highest BCUT2D eigenvalue weighted by Crippen LogP contribution is 2.32. The van der Waals surface area contributed by atoms with Crippen molar-refractivity contribution in [3.8, 4) is 11.5 Å². The molecule has 1 unspecified atom stereocenters. The van der Waals surface area contributed by atoms with Crippen LogP contribution in [0.1, 0.15) is 29.8 Å². The van der Waals surface area contributed by atoms with Crippen molar-refractivity contribution >= 4 is 46.4 Å². The minimum absolute atomic E-state index is 0.0649. The molecular formula is C22H20N2O6S. The number of rotatable bonds is 7. The van der Waals surface area contributed by atoms with Gasteiger partial charge in [0.25, 0.3) is 5.91 Å². The van der Waals surface area contributed by atoms with Gasteiger partial charge in [-0.05, 0) is 61.5 Å². The van der Waals surface area contributed by atoms with Crippen molar-refractivity contribution in [2.24, 2.45) is 4.99 Å². The van der Waals surface area contributed by atoms with E-state index in [-0.39, 0.29) is 17.4 Å². The van der Waals surface area contributed by atoms with Crippen molar-refractivity contribution in [2.45, 2.75) is 20.0 Å². The van der Waals surface area contributed by atoms with Crippen molar-refractivity contribution in [2.75, 3.05) is 7.11 Å². The van der Waals surface area contributed by atoms with Crippen molar-refractivity contribution < 1.29 is 29.0 Å². The Labute approximate surface area is 183 Å². The van der Waals surface area contributed by atoms with Gasteiger partial charge < -0.3 is 19.9 Å². The number of nitrogens with one attached hydrogen (secondary N) is 1. The maximum absolute atomic E-state index is 12.3. The Hall–Kier alpha value is -3.59. The largest absolute Gasteiger partial charge is 0.493 e. The summed E-state index contributed by atoms with van der Waals surface area (Å²) in [4.78, 5) is 39.7. The SMILES string of the molecule is COc1cc(/C=C2/SC(=Nc3cccc(C(C)=O)c3)NC2=O)ccc1OC(C)C(=O)O. The van der Waals surface area contributed by atoms with Crippen LogP contribution in [0.4, 0.5) is 5.69 Å². The van der Waals surface area contributed by atoms with E-state index in [1.54, 1.807) is 48.5 Å². The summed E-state index contributed by atoms with van der Waals surface area (Å²) in [5.41, 5.74) is 1.77. The molecule has 0 aliphatic carbocycles. The normalized spacial score (nSPS) is 16.8. The topological polar surface area (TPSA) is 114 Å². The number of methoxy groups -OCH3 is 1. The van der Waals surface area contributed by atoms with Gasteiger partial charge in [0.1, 0.15) is 0 Å². The molecule has 0 aromatic heterocycles. The number of thioether (sulfide) groups is 1. The van der Waals surface area contributed by atoms with Crippen molar-refractivity contribution in [1.82, 2.24) is 5.32 Å². The van der Waals surface area contributed by atoms with Crippen LogP contribution in [0.5, 0.6) is 11.5 Å². The molecule has 2 aromatic carbocycles. The molecule has 2 aromatic rings. The summed E-state index contributed by atoms with van der Waals surface area (Å²) in [7, 11) is 1.45. The van der Waals surface area contributed by atoms with Crippen LogP contribution in [-0.4, -0.2) is 41.1 Å². The first-order valence-electron chi connectivity index (χ1n) is 9.25. The molecule has 9 heteroatoms. The highest BCUT2D eigenvalue weighted by Gasteiger charge is 2.24. The average molecular weight is 440 g/mol. The molecule has 160 valence electrons. The highest BCUT2D eigenvalue weighted by atomic mass is 32.2. The monoisotopic (exact) mass is 440 g/mol. The van der Waals surface area contributed by atoms with Gasteiger partial charge in [0.15, 0.2) is 28.6 Å². The number of amidine groups is 1. The first-order valence-corrected chi connectivity index (χ1v) is 10.1. The summed E-state index contributed by atoms with van der Waals surface area (Å²) in [6, 6.07) is 11.8. The number of aliphatic imine (C=N–C) groups is 1. The number of nitrogens with zero attached hydrogens (tertiary/aromatic N) is 1. The average Bonchev–Trinajstić information content (AvgIpc) is 3.07. The zero-order valence-electron chi connectivity index (χ0n) is 17.0. The predicted octanol–water partition coefficient (Wildman–Crippen LogP) is 3.64. The lowest BCUT2D eigenvalue weighted by molar-refractivity contribution is -0.144. The van der Waals surface area contributed by atoms with Gasteiger partial charge in [-0.3, -0.25) is 9.59 Å². The molecular weight excluding hydrogens is 420 g/mol. The van der Waals surface area contributed by atoms with Gasteiger partial charge in [0, 0.05) is 5.56 Å². The fourth-order valence-corrected chi connectivity index (χ4v) is 3.50. The molecule has 1 amide bonds. The molecule has 1 atom stereocenters. The van der Waals surface area contributed by atoms with Gasteiger partial charge in [0.2, 0.25) is 0 Å². The summed E-state index contributed by atoms with van der Waals surface area (Å²) >= 11 is 1.17. The van der Waals surface area contributed by atoms with Gasteiger partial charge in [-0.15, -0.1) is 0 Å². The van der Waals surface area contributed by atoms with Gasteiger partial charge in [-0.25, -0.2) is 9.79 Å². The molecule has 1 heterocycles. The van der Waals surface area contributed by atoms with Crippen LogP contribution >= 0.6 is 11.8 Å². The molecule has 1 aliphatic heterocycles. The lowest BCUT2D eigenvalue weighted by Gasteiger charge is -2.14. The van der Waals surface area contributed by atoms with Crippen LogP contribution < -0.4 is 14.8 Å². The highest BCUT2D eigenvalue weighted by molar-refractivity contribution is 8.18. The molecule has 2 N–H and O–H groups in total. The summed E-state index contributed by atoms with van der Waals surface area (Å²) in [6.07, 6.45) is 0.635. The quantitative estimate of drug-likeness (QED) is 0.499. The zero-order valence-corrected chi connectivity index (χ0v) is 17.9. The standard InChI is InChI=1S/C22H20N2O6S/c1-12(25)15-5-4-6-16(11-15)23-22-24-20(26)19(31-22)10-14-7-8-17(18(9-14)29-3)30-13(2)21(27)28/h4-11,13H,1-3H3,(H,27,28)(H,23,24,26)/b19-10+. The van der Waals surface area contributed by atoms with Crippen LogP contribution in [0.2, 0.25) is 0 Å². The summed E-state index contributed by atoms with van der Waals surface area (Å²) in [6.45, 7) is 2.90. The number of hydrogen-bond acceptors (Lipinski definition) is 7. The van der Waals surface area contributed by atoms with Crippen molar-refractivity contribution in [1.29, 1.82) is 0 Å². The number of Topliss-reactive ketones (excluding diaryl/α,β-unsaturated/α-hetero) is 1. The van der Waals surface area contributed by atoms with Gasteiger partial charge in [-0.2, -0.15) is 0 Å². The Kier molecular flexibility index (Phi) is 6.76. The van der Waals surface area contributed by atoms with E-state index in [4.69, 9.17) is 14.6 Å². The molecule has 31 heavy (non-hydrogen) atoms. The Morgan fingerprint density at radius 2 is 1.97 bits per heavy atom. The van der Waals surface area contributed by atoms with E-state index in [1.807, 2.05) is 0 Å². The minimum atomic E-state index is -1.09. The number of ketones is 1. The van der Waals surface area contributed by atoms with Crippen molar-refractivity contribution in [3.05, 3.63) is 58.5 Å². The number of ether oxygens (including phenoxy) is 2. The molecule has 1 saturated heterocycles. The summed E-state index contributed by atoms with van der Waals surface area (Å²) in [5.74, 6) is -0.820. The lowest BCUT2D eigenvalue weighted by Crippen LogP contribution is -2.23. The molecule has 8 nitrogen and oxygen atoms in total. The van der Waals surface area contributed by atoms with Gasteiger partial charge in [0.05, 0.1) is 17.7 Å². The number of aliphatic carboxylic acids is 1. The number of hydrogen-bond donors (Lipinski definition) is 2. The predicted molar refractivity (Wildman–Crippen MR) is 118 cm³/mol. The van der Waals surface area contributed by atoms with Crippen LogP contribution in [-0.2, 0) is 9.59 Å².